The van der Waals surface area contributed by atoms with E-state index in [9.17, 15) is 13.2 Å². The Morgan fingerprint density at radius 1 is 1.24 bits per heavy atom. The van der Waals surface area contributed by atoms with Gasteiger partial charge in [0.1, 0.15) is 0 Å². The number of benzene rings is 1. The van der Waals surface area contributed by atoms with Gasteiger partial charge < -0.3 is 10.3 Å². The average Bonchev–Trinajstić information content (AvgIpc) is 2.41. The molecule has 0 aliphatic rings. The maximum Gasteiger partial charge on any atom is 0.251 e. The Hall–Kier alpha value is -2.12. The van der Waals surface area contributed by atoms with Crippen LogP contribution >= 0.6 is 0 Å². The van der Waals surface area contributed by atoms with Gasteiger partial charge in [0, 0.05) is 16.9 Å². The van der Waals surface area contributed by atoms with Crippen molar-refractivity contribution < 1.29 is 8.42 Å². The summed E-state index contributed by atoms with van der Waals surface area (Å²) in [6.07, 6.45) is 0.634. The van der Waals surface area contributed by atoms with Gasteiger partial charge >= 0.3 is 0 Å². The highest BCUT2D eigenvalue weighted by Crippen LogP contribution is 2.20. The molecule has 0 fully saturated rings. The number of pyridine rings is 1. The SMILES string of the molecule is CCc1cc(Nc2ccc(S(N)(=O)=O)cc2)c(C)[nH]c1=O. The van der Waals surface area contributed by atoms with Crippen LogP contribution < -0.4 is 16.0 Å². The van der Waals surface area contributed by atoms with Crippen LogP contribution in [0.1, 0.15) is 18.2 Å². The van der Waals surface area contributed by atoms with Crippen LogP contribution in [0, 0.1) is 6.92 Å². The number of anilines is 2. The summed E-state index contributed by atoms with van der Waals surface area (Å²) in [5.74, 6) is 0. The normalized spacial score (nSPS) is 11.4. The second kappa shape index (κ2) is 5.71. The molecule has 0 bridgehead atoms. The molecule has 6 nitrogen and oxygen atoms in total. The van der Waals surface area contributed by atoms with E-state index in [1.165, 1.54) is 12.1 Å². The number of sulfonamides is 1. The Morgan fingerprint density at radius 3 is 2.38 bits per heavy atom. The van der Waals surface area contributed by atoms with Gasteiger partial charge in [-0.25, -0.2) is 13.6 Å². The molecule has 0 spiro atoms. The Labute approximate surface area is 123 Å². The molecule has 1 heterocycles. The van der Waals surface area contributed by atoms with Gasteiger partial charge in [0.05, 0.1) is 10.6 Å². The van der Waals surface area contributed by atoms with E-state index in [0.29, 0.717) is 23.4 Å². The van der Waals surface area contributed by atoms with E-state index in [2.05, 4.69) is 10.3 Å². The highest BCUT2D eigenvalue weighted by molar-refractivity contribution is 7.89. The van der Waals surface area contributed by atoms with Crippen molar-refractivity contribution in [1.29, 1.82) is 0 Å². The van der Waals surface area contributed by atoms with Gasteiger partial charge in [-0.2, -0.15) is 0 Å². The number of aromatic nitrogens is 1. The van der Waals surface area contributed by atoms with Crippen molar-refractivity contribution >= 4 is 21.4 Å². The molecular weight excluding hydrogens is 290 g/mol. The number of H-pyrrole nitrogens is 1. The van der Waals surface area contributed by atoms with Crippen LogP contribution in [-0.2, 0) is 16.4 Å². The summed E-state index contributed by atoms with van der Waals surface area (Å²) in [4.78, 5) is 14.5. The minimum absolute atomic E-state index is 0.0560. The monoisotopic (exact) mass is 307 g/mol. The zero-order chi connectivity index (χ0) is 15.6. The molecule has 0 saturated carbocycles. The van der Waals surface area contributed by atoms with Gasteiger partial charge in [0.2, 0.25) is 10.0 Å². The molecule has 0 unspecified atom stereocenters. The lowest BCUT2D eigenvalue weighted by Crippen LogP contribution is -2.14. The first kappa shape index (κ1) is 15.3. The lowest BCUT2D eigenvalue weighted by molar-refractivity contribution is 0.598. The molecule has 0 aliphatic carbocycles. The van der Waals surface area contributed by atoms with Crippen LogP contribution in [0.25, 0.3) is 0 Å². The molecule has 21 heavy (non-hydrogen) atoms. The molecule has 2 aromatic rings. The Bertz CT molecular complexity index is 808. The van der Waals surface area contributed by atoms with Gasteiger partial charge in [-0.1, -0.05) is 6.92 Å². The summed E-state index contributed by atoms with van der Waals surface area (Å²) in [7, 11) is -3.69. The van der Waals surface area contributed by atoms with Crippen LogP contribution in [0.3, 0.4) is 0 Å². The Morgan fingerprint density at radius 2 is 1.86 bits per heavy atom. The molecule has 0 saturated heterocycles. The minimum Gasteiger partial charge on any atom is -0.354 e. The average molecular weight is 307 g/mol. The number of rotatable bonds is 4. The summed E-state index contributed by atoms with van der Waals surface area (Å²) >= 11 is 0. The van der Waals surface area contributed by atoms with Crippen molar-refractivity contribution in [1.82, 2.24) is 4.98 Å². The zero-order valence-electron chi connectivity index (χ0n) is 11.8. The standard InChI is InChI=1S/C14H17N3O3S/c1-3-10-8-13(9(2)16-14(10)18)17-11-4-6-12(7-5-11)21(15,19)20/h4-8,17H,3H2,1-2H3,(H,16,18)(H2,15,19,20). The van der Waals surface area contributed by atoms with Crippen LogP contribution in [-0.4, -0.2) is 13.4 Å². The third-order valence-electron chi connectivity index (χ3n) is 3.16. The Balaban J connectivity index is 2.32. The van der Waals surface area contributed by atoms with E-state index in [-0.39, 0.29) is 10.5 Å². The van der Waals surface area contributed by atoms with E-state index in [1.54, 1.807) is 25.1 Å². The van der Waals surface area contributed by atoms with Gasteiger partial charge in [0.15, 0.2) is 0 Å². The van der Waals surface area contributed by atoms with Crippen molar-refractivity contribution in [3.8, 4) is 0 Å². The van der Waals surface area contributed by atoms with E-state index in [4.69, 9.17) is 5.14 Å². The summed E-state index contributed by atoms with van der Waals surface area (Å²) < 4.78 is 22.4. The fraction of sp³-hybridized carbons (Fsp3) is 0.214. The van der Waals surface area contributed by atoms with Crippen molar-refractivity contribution in [3.05, 3.63) is 51.9 Å². The lowest BCUT2D eigenvalue weighted by atomic mass is 10.1. The largest absolute Gasteiger partial charge is 0.354 e. The van der Waals surface area contributed by atoms with Crippen LogP contribution in [0.4, 0.5) is 11.4 Å². The summed E-state index contributed by atoms with van der Waals surface area (Å²) in [6, 6.07) is 7.90. The summed E-state index contributed by atoms with van der Waals surface area (Å²) in [6.45, 7) is 3.70. The van der Waals surface area contributed by atoms with Gasteiger partial charge in [0.25, 0.3) is 5.56 Å². The van der Waals surface area contributed by atoms with E-state index in [1.807, 2.05) is 6.92 Å². The molecule has 112 valence electrons. The van der Waals surface area contributed by atoms with E-state index >= 15 is 0 Å². The number of hydrogen-bond donors (Lipinski definition) is 3. The number of aromatic amines is 1. The topological polar surface area (TPSA) is 105 Å². The predicted octanol–water partition coefficient (Wildman–Crippen LogP) is 1.64. The summed E-state index contributed by atoms with van der Waals surface area (Å²) in [5, 5.41) is 8.20. The molecule has 0 amide bonds. The highest BCUT2D eigenvalue weighted by atomic mass is 32.2. The predicted molar refractivity (Wildman–Crippen MR) is 82.3 cm³/mol. The molecule has 0 atom stereocenters. The first-order valence-corrected chi connectivity index (χ1v) is 7.98. The Kier molecular flexibility index (Phi) is 4.15. The first-order valence-electron chi connectivity index (χ1n) is 6.44. The van der Waals surface area contributed by atoms with E-state index < -0.39 is 10.0 Å². The van der Waals surface area contributed by atoms with Crippen molar-refractivity contribution in [2.75, 3.05) is 5.32 Å². The molecular formula is C14H17N3O3S. The third-order valence-corrected chi connectivity index (χ3v) is 4.09. The maximum atomic E-state index is 11.7. The maximum absolute atomic E-state index is 11.7. The fourth-order valence-corrected chi connectivity index (χ4v) is 2.46. The highest BCUT2D eigenvalue weighted by Gasteiger charge is 2.08. The second-order valence-electron chi connectivity index (χ2n) is 4.71. The zero-order valence-corrected chi connectivity index (χ0v) is 12.6. The van der Waals surface area contributed by atoms with Crippen LogP contribution in [0.5, 0.6) is 0 Å². The van der Waals surface area contributed by atoms with E-state index in [0.717, 1.165) is 5.69 Å². The van der Waals surface area contributed by atoms with Crippen LogP contribution in [0.15, 0.2) is 40.0 Å². The minimum atomic E-state index is -3.69. The quantitative estimate of drug-likeness (QED) is 0.798. The molecule has 2 rings (SSSR count). The molecule has 1 aromatic carbocycles. The van der Waals surface area contributed by atoms with Crippen LogP contribution in [0.2, 0.25) is 0 Å². The van der Waals surface area contributed by atoms with Gasteiger partial charge in [-0.15, -0.1) is 0 Å². The first-order chi connectivity index (χ1) is 9.81. The molecule has 0 radical (unpaired) electrons. The number of hydrogen-bond acceptors (Lipinski definition) is 4. The smallest absolute Gasteiger partial charge is 0.251 e. The van der Waals surface area contributed by atoms with Crippen molar-refractivity contribution in [2.45, 2.75) is 25.2 Å². The summed E-state index contributed by atoms with van der Waals surface area (Å²) in [5.41, 5.74) is 2.79. The molecule has 1 aromatic heterocycles. The number of nitrogens with one attached hydrogen (secondary N) is 2. The number of aryl methyl sites for hydroxylation is 2. The number of primary sulfonamides is 1. The molecule has 4 N–H and O–H groups in total. The molecule has 7 heteroatoms. The third kappa shape index (κ3) is 3.50. The van der Waals surface area contributed by atoms with Crippen molar-refractivity contribution in [3.63, 3.8) is 0 Å². The van der Waals surface area contributed by atoms with Crippen molar-refractivity contribution in [2.24, 2.45) is 5.14 Å². The fourth-order valence-electron chi connectivity index (χ4n) is 1.94. The second-order valence-corrected chi connectivity index (χ2v) is 6.27. The lowest BCUT2D eigenvalue weighted by Gasteiger charge is -2.11. The molecule has 0 aliphatic heterocycles. The van der Waals surface area contributed by atoms with Gasteiger partial charge in [-0.05, 0) is 43.7 Å². The van der Waals surface area contributed by atoms with Gasteiger partial charge in [-0.3, -0.25) is 4.79 Å². The number of nitrogens with two attached hydrogens (primary N) is 1.